The third-order valence-electron chi connectivity index (χ3n) is 6.98. The summed E-state index contributed by atoms with van der Waals surface area (Å²) in [6, 6.07) is 5.82. The molecular formula is C30H37BrClF3N4O6S. The van der Waals surface area contributed by atoms with Crippen LogP contribution in [0.1, 0.15) is 67.6 Å². The molecule has 3 amide bonds. The number of nitrogens with one attached hydrogen (secondary N) is 3. The summed E-state index contributed by atoms with van der Waals surface area (Å²) in [6.07, 6.45) is -4.31. The van der Waals surface area contributed by atoms with Crippen LogP contribution >= 0.6 is 27.5 Å². The molecule has 1 heterocycles. The zero-order valence-corrected chi connectivity index (χ0v) is 29.0. The van der Waals surface area contributed by atoms with E-state index in [2.05, 4.69) is 31.9 Å². The van der Waals surface area contributed by atoms with E-state index in [1.54, 1.807) is 25.7 Å². The molecule has 0 saturated carbocycles. The molecule has 2 aromatic carbocycles. The van der Waals surface area contributed by atoms with E-state index >= 15 is 0 Å². The standard InChI is InChI=1S/C30H37BrClF3N4O6S/c1-5-46(43,44)25-9-8-20(32)11-19(25)14-36-27(41)18-12-23(30(33,34)35)22(24(31)13-18)17-39-10-6-7-21(16-39)38-26(40)15-37-28(42)45-29(2,3)4/h8-9,11-13,21H,5-7,10,14-17H2,1-4H3,(H,36,41)(H,37,42)(H,38,40)/t21-/m0/s1. The number of benzene rings is 2. The van der Waals surface area contributed by atoms with Crippen LogP contribution in [0.25, 0.3) is 0 Å². The van der Waals surface area contributed by atoms with Crippen LogP contribution in [-0.2, 0) is 38.6 Å². The summed E-state index contributed by atoms with van der Waals surface area (Å²) in [5, 5.41) is 7.92. The van der Waals surface area contributed by atoms with Crippen molar-refractivity contribution in [1.82, 2.24) is 20.9 Å². The summed E-state index contributed by atoms with van der Waals surface area (Å²) < 4.78 is 73.0. The molecule has 1 aliphatic heterocycles. The molecule has 0 spiro atoms. The summed E-state index contributed by atoms with van der Waals surface area (Å²) in [6.45, 7) is 6.59. The van der Waals surface area contributed by atoms with E-state index in [0.717, 1.165) is 6.07 Å². The van der Waals surface area contributed by atoms with E-state index in [1.807, 2.05) is 0 Å². The lowest BCUT2D eigenvalue weighted by atomic mass is 10.00. The Morgan fingerprint density at radius 1 is 1.11 bits per heavy atom. The second-order valence-corrected chi connectivity index (χ2v) is 15.4. The summed E-state index contributed by atoms with van der Waals surface area (Å²) in [4.78, 5) is 39.0. The fraction of sp³-hybridized carbons (Fsp3) is 0.500. The van der Waals surface area contributed by atoms with Crippen molar-refractivity contribution < 1.29 is 40.7 Å². The molecule has 16 heteroatoms. The molecule has 2 aromatic rings. The van der Waals surface area contributed by atoms with Crippen LogP contribution in [0.5, 0.6) is 0 Å². The first-order valence-corrected chi connectivity index (χ1v) is 17.3. The first kappa shape index (κ1) is 37.6. The minimum atomic E-state index is -4.79. The quantitative estimate of drug-likeness (QED) is 0.294. The lowest BCUT2D eigenvalue weighted by Crippen LogP contribution is -2.50. The Hall–Kier alpha value is -2.88. The molecule has 0 aliphatic carbocycles. The van der Waals surface area contributed by atoms with Gasteiger partial charge in [-0.3, -0.25) is 14.5 Å². The van der Waals surface area contributed by atoms with Crippen LogP contribution in [-0.4, -0.2) is 68.3 Å². The first-order chi connectivity index (χ1) is 21.3. The van der Waals surface area contributed by atoms with Gasteiger partial charge in [-0.25, -0.2) is 13.2 Å². The molecule has 1 aliphatic rings. The van der Waals surface area contributed by atoms with E-state index in [-0.39, 0.29) is 69.1 Å². The maximum absolute atomic E-state index is 14.3. The van der Waals surface area contributed by atoms with E-state index in [9.17, 15) is 36.0 Å². The highest BCUT2D eigenvalue weighted by molar-refractivity contribution is 9.10. The molecule has 1 atom stereocenters. The highest BCUT2D eigenvalue weighted by Gasteiger charge is 2.36. The molecular weight excluding hydrogens is 717 g/mol. The number of hydrogen-bond donors (Lipinski definition) is 3. The number of amides is 3. The number of halogens is 5. The molecule has 46 heavy (non-hydrogen) atoms. The number of rotatable bonds is 10. The summed E-state index contributed by atoms with van der Waals surface area (Å²) in [5.41, 5.74) is -1.87. The van der Waals surface area contributed by atoms with Gasteiger partial charge in [0.25, 0.3) is 5.91 Å². The average molecular weight is 754 g/mol. The normalized spacial score (nSPS) is 16.1. The molecule has 254 valence electrons. The Balaban J connectivity index is 1.72. The summed E-state index contributed by atoms with van der Waals surface area (Å²) in [5.74, 6) is -1.48. The molecule has 3 rings (SSSR count). The van der Waals surface area contributed by atoms with Gasteiger partial charge in [0.2, 0.25) is 5.91 Å². The van der Waals surface area contributed by atoms with Crippen molar-refractivity contribution >= 4 is 55.3 Å². The number of sulfone groups is 1. The second-order valence-electron chi connectivity index (χ2n) is 11.8. The Kier molecular flexibility index (Phi) is 12.5. The Morgan fingerprint density at radius 2 is 1.80 bits per heavy atom. The predicted molar refractivity (Wildman–Crippen MR) is 170 cm³/mol. The van der Waals surface area contributed by atoms with Gasteiger partial charge in [0, 0.05) is 40.7 Å². The van der Waals surface area contributed by atoms with Crippen molar-refractivity contribution in [2.45, 2.75) is 76.3 Å². The zero-order chi connectivity index (χ0) is 34.4. The van der Waals surface area contributed by atoms with Gasteiger partial charge in [-0.15, -0.1) is 0 Å². The SMILES string of the molecule is CCS(=O)(=O)c1ccc(Cl)cc1CNC(=O)c1cc(Br)c(CN2CCC[C@H](NC(=O)CNC(=O)OC(C)(C)C)C2)c(C(F)(F)F)c1. The smallest absolute Gasteiger partial charge is 0.416 e. The maximum Gasteiger partial charge on any atom is 0.416 e. The van der Waals surface area contributed by atoms with Crippen LogP contribution in [0.4, 0.5) is 18.0 Å². The van der Waals surface area contributed by atoms with E-state index < -0.39 is 45.1 Å². The van der Waals surface area contributed by atoms with Gasteiger partial charge in [-0.05, 0) is 81.6 Å². The molecule has 0 unspecified atom stereocenters. The third-order valence-corrected chi connectivity index (χ3v) is 9.76. The summed E-state index contributed by atoms with van der Waals surface area (Å²) in [7, 11) is -3.65. The van der Waals surface area contributed by atoms with Gasteiger partial charge in [-0.2, -0.15) is 13.2 Å². The Bertz CT molecular complexity index is 1570. The fourth-order valence-electron chi connectivity index (χ4n) is 4.89. The largest absolute Gasteiger partial charge is 0.444 e. The monoisotopic (exact) mass is 752 g/mol. The molecule has 1 fully saturated rings. The van der Waals surface area contributed by atoms with Crippen LogP contribution in [0.3, 0.4) is 0 Å². The number of carbonyl (C=O) groups is 3. The maximum atomic E-state index is 14.3. The Labute approximate surface area is 279 Å². The molecule has 0 radical (unpaired) electrons. The molecule has 0 bridgehead atoms. The minimum Gasteiger partial charge on any atom is -0.444 e. The number of alkyl carbamates (subject to hydrolysis) is 1. The van der Waals surface area contributed by atoms with Crippen molar-refractivity contribution in [3.05, 3.63) is 62.1 Å². The van der Waals surface area contributed by atoms with Gasteiger partial charge in [0.15, 0.2) is 9.84 Å². The number of ether oxygens (including phenoxy) is 1. The van der Waals surface area contributed by atoms with Crippen LogP contribution in [0.15, 0.2) is 39.7 Å². The first-order valence-electron chi connectivity index (χ1n) is 14.5. The van der Waals surface area contributed by atoms with Crippen LogP contribution < -0.4 is 16.0 Å². The number of alkyl halides is 3. The van der Waals surface area contributed by atoms with E-state index in [4.69, 9.17) is 16.3 Å². The predicted octanol–water partition coefficient (Wildman–Crippen LogP) is 5.45. The molecule has 10 nitrogen and oxygen atoms in total. The number of nitrogens with zero attached hydrogens (tertiary/aromatic N) is 1. The highest BCUT2D eigenvalue weighted by Crippen LogP contribution is 2.37. The van der Waals surface area contributed by atoms with E-state index in [1.165, 1.54) is 31.2 Å². The van der Waals surface area contributed by atoms with Gasteiger partial charge < -0.3 is 20.7 Å². The van der Waals surface area contributed by atoms with Gasteiger partial charge in [-0.1, -0.05) is 34.5 Å². The van der Waals surface area contributed by atoms with Crippen LogP contribution in [0, 0.1) is 0 Å². The topological polar surface area (TPSA) is 134 Å². The van der Waals surface area contributed by atoms with Crippen molar-refractivity contribution in [3.8, 4) is 0 Å². The van der Waals surface area contributed by atoms with Crippen LogP contribution in [0.2, 0.25) is 5.02 Å². The fourth-order valence-corrected chi connectivity index (χ4v) is 6.79. The second kappa shape index (κ2) is 15.3. The van der Waals surface area contributed by atoms with Crippen molar-refractivity contribution in [3.63, 3.8) is 0 Å². The van der Waals surface area contributed by atoms with E-state index in [0.29, 0.717) is 19.4 Å². The minimum absolute atomic E-state index is 0.0254. The van der Waals surface area contributed by atoms with Gasteiger partial charge in [0.1, 0.15) is 12.1 Å². The van der Waals surface area contributed by atoms with Crippen molar-refractivity contribution in [1.29, 1.82) is 0 Å². The highest BCUT2D eigenvalue weighted by atomic mass is 79.9. The average Bonchev–Trinajstić information content (AvgIpc) is 2.94. The lowest BCUT2D eigenvalue weighted by molar-refractivity contribution is -0.138. The van der Waals surface area contributed by atoms with Gasteiger partial charge in [0.05, 0.1) is 16.2 Å². The molecule has 0 aromatic heterocycles. The number of piperidine rings is 1. The number of carbonyl (C=O) groups excluding carboxylic acids is 3. The molecule has 1 saturated heterocycles. The Morgan fingerprint density at radius 3 is 2.43 bits per heavy atom. The third kappa shape index (κ3) is 10.8. The van der Waals surface area contributed by atoms with Crippen molar-refractivity contribution in [2.75, 3.05) is 25.4 Å². The number of likely N-dealkylation sites (tertiary alicyclic amines) is 1. The molecule has 3 N–H and O–H groups in total. The lowest BCUT2D eigenvalue weighted by Gasteiger charge is -2.34. The van der Waals surface area contributed by atoms with Crippen molar-refractivity contribution in [2.24, 2.45) is 0 Å². The summed E-state index contributed by atoms with van der Waals surface area (Å²) >= 11 is 9.25. The van der Waals surface area contributed by atoms with Gasteiger partial charge >= 0.3 is 12.3 Å². The number of hydrogen-bond acceptors (Lipinski definition) is 7. The zero-order valence-electron chi connectivity index (χ0n) is 25.8.